The zero-order valence-corrected chi connectivity index (χ0v) is 18.4. The first-order chi connectivity index (χ1) is 13.3. The number of hydrogen-bond acceptors (Lipinski definition) is 7. The van der Waals surface area contributed by atoms with E-state index in [0.29, 0.717) is 31.2 Å². The summed E-state index contributed by atoms with van der Waals surface area (Å²) >= 11 is 4.43. The number of hydrogen-bond donors (Lipinski definition) is 1. The third-order valence-electron chi connectivity index (χ3n) is 4.23. The summed E-state index contributed by atoms with van der Waals surface area (Å²) in [6.07, 6.45) is 0.223. The van der Waals surface area contributed by atoms with Gasteiger partial charge in [-0.05, 0) is 53.0 Å². The van der Waals surface area contributed by atoms with Gasteiger partial charge in [-0.1, -0.05) is 0 Å². The van der Waals surface area contributed by atoms with Crippen molar-refractivity contribution in [2.75, 3.05) is 24.8 Å². The summed E-state index contributed by atoms with van der Waals surface area (Å²) in [5.41, 5.74) is 1.20. The van der Waals surface area contributed by atoms with Gasteiger partial charge < -0.3 is 14.8 Å². The highest BCUT2D eigenvalue weighted by Gasteiger charge is 2.32. The Hall–Kier alpha value is -1.91. The molecule has 2 heterocycles. The van der Waals surface area contributed by atoms with Crippen molar-refractivity contribution in [2.24, 2.45) is 0 Å². The average molecular weight is 488 g/mol. The minimum atomic E-state index is -3.21. The maximum Gasteiger partial charge on any atom is 0.341 e. The van der Waals surface area contributed by atoms with Crippen molar-refractivity contribution in [1.82, 2.24) is 0 Å². The van der Waals surface area contributed by atoms with Gasteiger partial charge in [0.25, 0.3) is 5.91 Å². The van der Waals surface area contributed by atoms with E-state index in [0.717, 1.165) is 11.3 Å². The van der Waals surface area contributed by atoms with Gasteiger partial charge in [-0.2, -0.15) is 0 Å². The fraction of sp³-hybridized carbons (Fsp3) is 0.333. The summed E-state index contributed by atoms with van der Waals surface area (Å²) in [4.78, 5) is 25.9. The summed E-state index contributed by atoms with van der Waals surface area (Å²) in [6, 6.07) is 4.97. The molecule has 0 saturated heterocycles. The molecule has 1 N–H and O–H groups in total. The lowest BCUT2D eigenvalue weighted by Crippen LogP contribution is -2.20. The minimum Gasteiger partial charge on any atom is -0.497 e. The van der Waals surface area contributed by atoms with Crippen molar-refractivity contribution in [2.45, 2.75) is 19.1 Å². The number of nitrogens with one attached hydrogen (secondary N) is 1. The van der Waals surface area contributed by atoms with Gasteiger partial charge in [0.1, 0.15) is 10.8 Å². The first-order valence-corrected chi connectivity index (χ1v) is 11.9. The average Bonchev–Trinajstić information content (AvgIpc) is 2.97. The zero-order valence-electron chi connectivity index (χ0n) is 15.2. The van der Waals surface area contributed by atoms with Crippen LogP contribution in [0.2, 0.25) is 0 Å². The van der Waals surface area contributed by atoms with E-state index in [1.807, 2.05) is 0 Å². The minimum absolute atomic E-state index is 0.0298. The van der Waals surface area contributed by atoms with Crippen molar-refractivity contribution in [3.63, 3.8) is 0 Å². The van der Waals surface area contributed by atoms with Gasteiger partial charge in [0.15, 0.2) is 9.84 Å². The molecule has 0 saturated carbocycles. The van der Waals surface area contributed by atoms with E-state index < -0.39 is 21.7 Å². The summed E-state index contributed by atoms with van der Waals surface area (Å²) in [5, 5.41) is 3.03. The summed E-state index contributed by atoms with van der Waals surface area (Å²) in [5.74, 6) is -0.677. The molecule has 0 atom stereocenters. The molecule has 0 fully saturated rings. The number of carbonyl (C=O) groups is 2. The van der Waals surface area contributed by atoms with E-state index in [4.69, 9.17) is 9.47 Å². The van der Waals surface area contributed by atoms with Gasteiger partial charge in [0.2, 0.25) is 0 Å². The monoisotopic (exact) mass is 487 g/mol. The fourth-order valence-electron chi connectivity index (χ4n) is 2.91. The predicted octanol–water partition coefficient (Wildman–Crippen LogP) is 3.42. The Labute approximate surface area is 175 Å². The van der Waals surface area contributed by atoms with Crippen molar-refractivity contribution in [1.29, 1.82) is 0 Å². The van der Waals surface area contributed by atoms with Gasteiger partial charge >= 0.3 is 5.97 Å². The molecule has 0 bridgehead atoms. The molecule has 1 amide bonds. The number of thiophene rings is 1. The Morgan fingerprint density at radius 2 is 2.07 bits per heavy atom. The standard InChI is InChI=1S/C18H18BrNO6S2/c1-3-26-18(22)15-11-6-7-28(23,24)9-14(11)27-17(15)20-16(21)12-8-10(25-2)4-5-13(12)19/h4-5,8H,3,6-7,9H2,1-2H3,(H,20,21). The number of fused-ring (bicyclic) bond motifs is 1. The molecule has 1 aromatic carbocycles. The molecular formula is C18H18BrNO6S2. The lowest BCUT2D eigenvalue weighted by molar-refractivity contribution is 0.0527. The smallest absolute Gasteiger partial charge is 0.341 e. The SMILES string of the molecule is CCOC(=O)c1c(NC(=O)c2cc(OC)ccc2Br)sc2c1CCS(=O)(=O)C2. The van der Waals surface area contributed by atoms with Crippen LogP contribution in [0.3, 0.4) is 0 Å². The third kappa shape index (κ3) is 4.23. The molecular weight excluding hydrogens is 470 g/mol. The number of rotatable bonds is 5. The normalized spacial score (nSPS) is 14.8. The molecule has 2 aromatic rings. The number of carbonyl (C=O) groups excluding carboxylic acids is 2. The lowest BCUT2D eigenvalue weighted by atomic mass is 10.1. The van der Waals surface area contributed by atoms with Crippen LogP contribution in [-0.4, -0.2) is 39.8 Å². The second-order valence-electron chi connectivity index (χ2n) is 6.07. The molecule has 0 unspecified atom stereocenters. The number of ether oxygens (including phenoxy) is 2. The van der Waals surface area contributed by atoms with Crippen LogP contribution in [0.5, 0.6) is 5.75 Å². The Bertz CT molecular complexity index is 1040. The van der Waals surface area contributed by atoms with Crippen LogP contribution in [0.4, 0.5) is 5.00 Å². The Balaban J connectivity index is 2.01. The van der Waals surface area contributed by atoms with Gasteiger partial charge in [0.05, 0.1) is 36.3 Å². The van der Waals surface area contributed by atoms with Crippen LogP contribution in [-0.2, 0) is 26.7 Å². The van der Waals surface area contributed by atoms with E-state index in [2.05, 4.69) is 21.2 Å². The van der Waals surface area contributed by atoms with Gasteiger partial charge in [-0.25, -0.2) is 13.2 Å². The predicted molar refractivity (Wildman–Crippen MR) is 110 cm³/mol. The van der Waals surface area contributed by atoms with Crippen LogP contribution in [0.15, 0.2) is 22.7 Å². The highest BCUT2D eigenvalue weighted by molar-refractivity contribution is 9.10. The molecule has 3 rings (SSSR count). The zero-order chi connectivity index (χ0) is 20.5. The second kappa shape index (κ2) is 8.22. The molecule has 0 aliphatic carbocycles. The molecule has 1 aromatic heterocycles. The van der Waals surface area contributed by atoms with E-state index >= 15 is 0 Å². The van der Waals surface area contributed by atoms with Crippen LogP contribution in [0, 0.1) is 0 Å². The molecule has 0 radical (unpaired) electrons. The number of sulfone groups is 1. The van der Waals surface area contributed by atoms with Crippen molar-refractivity contribution in [3.8, 4) is 5.75 Å². The topological polar surface area (TPSA) is 98.8 Å². The molecule has 28 heavy (non-hydrogen) atoms. The first-order valence-electron chi connectivity index (χ1n) is 8.42. The summed E-state index contributed by atoms with van der Waals surface area (Å²) < 4.78 is 34.8. The van der Waals surface area contributed by atoms with Gasteiger partial charge in [-0.15, -0.1) is 11.3 Å². The Morgan fingerprint density at radius 1 is 1.32 bits per heavy atom. The van der Waals surface area contributed by atoms with Gasteiger partial charge in [-0.3, -0.25) is 4.79 Å². The summed E-state index contributed by atoms with van der Waals surface area (Å²) in [7, 11) is -1.71. The Kier molecular flexibility index (Phi) is 6.11. The molecule has 10 heteroatoms. The molecule has 1 aliphatic rings. The van der Waals surface area contributed by atoms with Crippen LogP contribution in [0.1, 0.15) is 38.1 Å². The molecule has 0 spiro atoms. The van der Waals surface area contributed by atoms with E-state index in [1.165, 1.54) is 7.11 Å². The number of amides is 1. The van der Waals surface area contributed by atoms with Crippen LogP contribution < -0.4 is 10.1 Å². The van der Waals surface area contributed by atoms with E-state index in [-0.39, 0.29) is 30.1 Å². The molecule has 1 aliphatic heterocycles. The Morgan fingerprint density at radius 3 is 2.75 bits per heavy atom. The number of esters is 1. The molecule has 7 nitrogen and oxygen atoms in total. The largest absolute Gasteiger partial charge is 0.497 e. The molecule has 150 valence electrons. The van der Waals surface area contributed by atoms with Crippen molar-refractivity contribution >= 4 is 54.0 Å². The third-order valence-corrected chi connectivity index (χ3v) is 7.81. The maximum atomic E-state index is 12.8. The summed E-state index contributed by atoms with van der Waals surface area (Å²) in [6.45, 7) is 1.86. The van der Waals surface area contributed by atoms with Crippen LogP contribution in [0.25, 0.3) is 0 Å². The highest BCUT2D eigenvalue weighted by atomic mass is 79.9. The first kappa shape index (κ1) is 20.8. The van der Waals surface area contributed by atoms with E-state index in [1.54, 1.807) is 25.1 Å². The second-order valence-corrected chi connectivity index (χ2v) is 10.2. The van der Waals surface area contributed by atoms with Gasteiger partial charge in [0, 0.05) is 9.35 Å². The maximum absolute atomic E-state index is 12.8. The fourth-order valence-corrected chi connectivity index (χ4v) is 6.37. The van der Waals surface area contributed by atoms with Crippen LogP contribution >= 0.6 is 27.3 Å². The van der Waals surface area contributed by atoms with E-state index in [9.17, 15) is 18.0 Å². The highest BCUT2D eigenvalue weighted by Crippen LogP contribution is 2.39. The quantitative estimate of drug-likeness (QED) is 0.648. The number of anilines is 1. The number of halogens is 1. The lowest BCUT2D eigenvalue weighted by Gasteiger charge is -2.13. The van der Waals surface area contributed by atoms with Crippen molar-refractivity contribution < 1.29 is 27.5 Å². The number of benzene rings is 1. The number of methoxy groups -OCH3 is 1. The van der Waals surface area contributed by atoms with Crippen molar-refractivity contribution in [3.05, 3.63) is 44.2 Å².